The van der Waals surface area contributed by atoms with Gasteiger partial charge in [0.1, 0.15) is 0 Å². The Labute approximate surface area is 114 Å². The number of thiophene rings is 1. The van der Waals surface area contributed by atoms with E-state index in [9.17, 15) is 0 Å². The summed E-state index contributed by atoms with van der Waals surface area (Å²) in [6.07, 6.45) is 2.34. The van der Waals surface area contributed by atoms with Crippen LogP contribution in [0.15, 0.2) is 42.5 Å². The van der Waals surface area contributed by atoms with Gasteiger partial charge in [-0.25, -0.2) is 0 Å². The second-order valence-corrected chi connectivity index (χ2v) is 6.19. The Morgan fingerprint density at radius 1 is 1.11 bits per heavy atom. The van der Waals surface area contributed by atoms with E-state index in [1.807, 2.05) is 11.3 Å². The molecule has 2 rings (SSSR count). The summed E-state index contributed by atoms with van der Waals surface area (Å²) >= 11 is 1.88. The largest absolute Gasteiger partial charge is 0.309 e. The molecule has 0 saturated heterocycles. The fourth-order valence-corrected chi connectivity index (χ4v) is 2.83. The first-order valence-electron chi connectivity index (χ1n) is 6.56. The van der Waals surface area contributed by atoms with Gasteiger partial charge in [-0.3, -0.25) is 0 Å². The normalized spacial score (nSPS) is 12.6. The zero-order chi connectivity index (χ0) is 12.8. The van der Waals surface area contributed by atoms with Crippen LogP contribution in [0.25, 0.3) is 0 Å². The molecule has 0 aliphatic rings. The Balaban J connectivity index is 1.71. The zero-order valence-electron chi connectivity index (χ0n) is 11.1. The van der Waals surface area contributed by atoms with Crippen LogP contribution in [0.2, 0.25) is 0 Å². The van der Waals surface area contributed by atoms with Crippen LogP contribution in [0.4, 0.5) is 0 Å². The van der Waals surface area contributed by atoms with Crippen molar-refractivity contribution in [2.45, 2.75) is 39.3 Å². The van der Waals surface area contributed by atoms with E-state index in [4.69, 9.17) is 0 Å². The lowest BCUT2D eigenvalue weighted by Gasteiger charge is -2.13. The minimum absolute atomic E-state index is 0.563. The molecule has 18 heavy (non-hydrogen) atoms. The van der Waals surface area contributed by atoms with Crippen LogP contribution in [-0.4, -0.2) is 6.04 Å². The predicted molar refractivity (Wildman–Crippen MR) is 80.1 cm³/mol. The molecule has 2 aromatic rings. The molecule has 0 saturated carbocycles. The lowest BCUT2D eigenvalue weighted by atomic mass is 10.1. The van der Waals surface area contributed by atoms with E-state index in [2.05, 4.69) is 61.6 Å². The summed E-state index contributed by atoms with van der Waals surface area (Å²) in [5.74, 6) is 0. The molecule has 2 heteroatoms. The van der Waals surface area contributed by atoms with Crippen LogP contribution in [0.3, 0.4) is 0 Å². The number of rotatable bonds is 6. The molecule has 0 spiro atoms. The van der Waals surface area contributed by atoms with Gasteiger partial charge in [-0.15, -0.1) is 11.3 Å². The Kier molecular flexibility index (Phi) is 4.97. The Morgan fingerprint density at radius 2 is 1.89 bits per heavy atom. The molecule has 0 aliphatic heterocycles. The summed E-state index contributed by atoms with van der Waals surface area (Å²) in [7, 11) is 0. The number of aryl methyl sites for hydroxylation is 2. The molecule has 1 atom stereocenters. The highest BCUT2D eigenvalue weighted by Gasteiger charge is 2.03. The van der Waals surface area contributed by atoms with Gasteiger partial charge >= 0.3 is 0 Å². The topological polar surface area (TPSA) is 12.0 Å². The van der Waals surface area contributed by atoms with E-state index >= 15 is 0 Å². The van der Waals surface area contributed by atoms with E-state index < -0.39 is 0 Å². The quantitative estimate of drug-likeness (QED) is 0.821. The summed E-state index contributed by atoms with van der Waals surface area (Å²) in [4.78, 5) is 2.82. The molecular weight excluding hydrogens is 238 g/mol. The van der Waals surface area contributed by atoms with Crippen molar-refractivity contribution in [3.05, 3.63) is 57.8 Å². The van der Waals surface area contributed by atoms with Crippen LogP contribution in [0, 0.1) is 6.92 Å². The monoisotopic (exact) mass is 259 g/mol. The molecule has 0 radical (unpaired) electrons. The SMILES string of the molecule is Cc1ccc(CNC(C)CCc2ccccc2)s1. The van der Waals surface area contributed by atoms with Gasteiger partial charge in [0.2, 0.25) is 0 Å². The molecule has 0 fully saturated rings. The molecule has 1 aromatic heterocycles. The maximum absolute atomic E-state index is 3.59. The summed E-state index contributed by atoms with van der Waals surface area (Å²) in [6.45, 7) is 5.42. The average Bonchev–Trinajstić information content (AvgIpc) is 2.81. The highest BCUT2D eigenvalue weighted by molar-refractivity contribution is 7.11. The van der Waals surface area contributed by atoms with Crippen molar-refractivity contribution in [1.29, 1.82) is 0 Å². The van der Waals surface area contributed by atoms with Crippen molar-refractivity contribution in [2.24, 2.45) is 0 Å². The van der Waals surface area contributed by atoms with Gasteiger partial charge < -0.3 is 5.32 Å². The number of hydrogen-bond acceptors (Lipinski definition) is 2. The zero-order valence-corrected chi connectivity index (χ0v) is 12.0. The standard InChI is InChI=1S/C16H21NS/c1-13(8-10-15-6-4-3-5-7-15)17-12-16-11-9-14(2)18-16/h3-7,9,11,13,17H,8,10,12H2,1-2H3. The summed E-state index contributed by atoms with van der Waals surface area (Å²) in [5, 5.41) is 3.59. The van der Waals surface area contributed by atoms with E-state index in [1.165, 1.54) is 21.7 Å². The summed E-state index contributed by atoms with van der Waals surface area (Å²) < 4.78 is 0. The van der Waals surface area contributed by atoms with Gasteiger partial charge in [0, 0.05) is 22.3 Å². The van der Waals surface area contributed by atoms with Crippen LogP contribution in [-0.2, 0) is 13.0 Å². The van der Waals surface area contributed by atoms with Crippen LogP contribution in [0.5, 0.6) is 0 Å². The van der Waals surface area contributed by atoms with Gasteiger partial charge in [0.15, 0.2) is 0 Å². The molecule has 1 N–H and O–H groups in total. The summed E-state index contributed by atoms with van der Waals surface area (Å²) in [5.41, 5.74) is 1.43. The lowest BCUT2D eigenvalue weighted by Crippen LogP contribution is -2.25. The van der Waals surface area contributed by atoms with E-state index in [0.29, 0.717) is 6.04 Å². The number of nitrogens with one attached hydrogen (secondary N) is 1. The molecule has 1 unspecified atom stereocenters. The minimum Gasteiger partial charge on any atom is -0.309 e. The van der Waals surface area contributed by atoms with Crippen LogP contribution < -0.4 is 5.32 Å². The van der Waals surface area contributed by atoms with Gasteiger partial charge in [0.25, 0.3) is 0 Å². The first-order valence-corrected chi connectivity index (χ1v) is 7.38. The lowest BCUT2D eigenvalue weighted by molar-refractivity contribution is 0.517. The van der Waals surface area contributed by atoms with Crippen LogP contribution >= 0.6 is 11.3 Å². The first kappa shape index (κ1) is 13.3. The Bertz CT molecular complexity index is 461. The second-order valence-electron chi connectivity index (χ2n) is 4.82. The van der Waals surface area contributed by atoms with Crippen molar-refractivity contribution in [3.8, 4) is 0 Å². The fourth-order valence-electron chi connectivity index (χ4n) is 1.98. The van der Waals surface area contributed by atoms with Crippen LogP contribution in [0.1, 0.15) is 28.7 Å². The highest BCUT2D eigenvalue weighted by Crippen LogP contribution is 2.15. The maximum Gasteiger partial charge on any atom is 0.0302 e. The smallest absolute Gasteiger partial charge is 0.0302 e. The highest BCUT2D eigenvalue weighted by atomic mass is 32.1. The second kappa shape index (κ2) is 6.72. The van der Waals surface area contributed by atoms with Crippen molar-refractivity contribution in [1.82, 2.24) is 5.32 Å². The minimum atomic E-state index is 0.563. The van der Waals surface area contributed by atoms with Crippen molar-refractivity contribution < 1.29 is 0 Å². The molecule has 1 heterocycles. The van der Waals surface area contributed by atoms with E-state index in [-0.39, 0.29) is 0 Å². The van der Waals surface area contributed by atoms with Crippen molar-refractivity contribution in [3.63, 3.8) is 0 Å². The molecular formula is C16H21NS. The number of hydrogen-bond donors (Lipinski definition) is 1. The molecule has 1 aromatic carbocycles. The third-order valence-electron chi connectivity index (χ3n) is 3.13. The Morgan fingerprint density at radius 3 is 2.56 bits per heavy atom. The average molecular weight is 259 g/mol. The maximum atomic E-state index is 3.59. The predicted octanol–water partition coefficient (Wildman–Crippen LogP) is 4.17. The molecule has 0 amide bonds. The van der Waals surface area contributed by atoms with Crippen molar-refractivity contribution in [2.75, 3.05) is 0 Å². The third-order valence-corrected chi connectivity index (χ3v) is 4.13. The molecule has 0 bridgehead atoms. The van der Waals surface area contributed by atoms with Gasteiger partial charge in [0.05, 0.1) is 0 Å². The summed E-state index contributed by atoms with van der Waals surface area (Å²) in [6, 6.07) is 15.7. The number of benzene rings is 1. The Hall–Kier alpha value is -1.12. The molecule has 96 valence electrons. The van der Waals surface area contributed by atoms with Gasteiger partial charge in [-0.1, -0.05) is 30.3 Å². The fraction of sp³-hybridized carbons (Fsp3) is 0.375. The van der Waals surface area contributed by atoms with Gasteiger partial charge in [-0.2, -0.15) is 0 Å². The van der Waals surface area contributed by atoms with Gasteiger partial charge in [-0.05, 0) is 44.4 Å². The van der Waals surface area contributed by atoms with E-state index in [0.717, 1.165) is 13.0 Å². The molecule has 0 aliphatic carbocycles. The van der Waals surface area contributed by atoms with E-state index in [1.54, 1.807) is 0 Å². The third kappa shape index (κ3) is 4.28. The first-order chi connectivity index (χ1) is 8.74. The molecule has 1 nitrogen and oxygen atoms in total. The van der Waals surface area contributed by atoms with Crippen molar-refractivity contribution >= 4 is 11.3 Å².